The third kappa shape index (κ3) is 4.05. The van der Waals surface area contributed by atoms with Gasteiger partial charge < -0.3 is 15.0 Å². The zero-order valence-corrected chi connectivity index (χ0v) is 14.7. The van der Waals surface area contributed by atoms with E-state index in [1.165, 1.54) is 16.7 Å². The monoisotopic (exact) mass is 350 g/mol. The summed E-state index contributed by atoms with van der Waals surface area (Å²) in [4.78, 5) is 25.9. The molecule has 128 valence electrons. The standard InChI is InChI=1S/C16H19ClN4O3/c1-10-5-6-11(17)7-13(10)18-14(22)9-20(2)16(23)12-8-21(3)19-15(12)24-4/h5-8H,9H2,1-4H3,(H,18,22). The molecule has 8 heteroatoms. The summed E-state index contributed by atoms with van der Waals surface area (Å²) in [6, 6.07) is 5.23. The summed E-state index contributed by atoms with van der Waals surface area (Å²) in [5, 5.41) is 7.31. The summed E-state index contributed by atoms with van der Waals surface area (Å²) in [6.07, 6.45) is 1.55. The van der Waals surface area contributed by atoms with E-state index in [-0.39, 0.29) is 24.2 Å². The number of likely N-dealkylation sites (N-methyl/N-ethyl adjacent to an activating group) is 1. The molecule has 0 bridgehead atoms. The number of rotatable bonds is 5. The van der Waals surface area contributed by atoms with Crippen molar-refractivity contribution < 1.29 is 14.3 Å². The lowest BCUT2D eigenvalue weighted by Gasteiger charge is -2.17. The number of halogens is 1. The first-order chi connectivity index (χ1) is 11.3. The van der Waals surface area contributed by atoms with Crippen molar-refractivity contribution >= 4 is 29.1 Å². The zero-order chi connectivity index (χ0) is 17.9. The Morgan fingerprint density at radius 1 is 1.42 bits per heavy atom. The van der Waals surface area contributed by atoms with E-state index in [4.69, 9.17) is 16.3 Å². The molecule has 0 unspecified atom stereocenters. The van der Waals surface area contributed by atoms with E-state index in [1.807, 2.05) is 13.0 Å². The summed E-state index contributed by atoms with van der Waals surface area (Å²) in [6.45, 7) is 1.75. The van der Waals surface area contributed by atoms with Gasteiger partial charge in [0.15, 0.2) is 0 Å². The Bertz CT molecular complexity index is 773. The van der Waals surface area contributed by atoms with Crippen LogP contribution in [0, 0.1) is 6.92 Å². The molecule has 7 nitrogen and oxygen atoms in total. The summed E-state index contributed by atoms with van der Waals surface area (Å²) >= 11 is 5.93. The quantitative estimate of drug-likeness (QED) is 0.896. The molecule has 0 spiro atoms. The second-order valence-electron chi connectivity index (χ2n) is 5.39. The van der Waals surface area contributed by atoms with Crippen LogP contribution in [0.4, 0.5) is 5.69 Å². The SMILES string of the molecule is COc1nn(C)cc1C(=O)N(C)CC(=O)Nc1cc(Cl)ccc1C. The minimum atomic E-state index is -0.349. The van der Waals surface area contributed by atoms with Crippen molar-refractivity contribution in [3.8, 4) is 5.88 Å². The smallest absolute Gasteiger partial charge is 0.261 e. The second-order valence-corrected chi connectivity index (χ2v) is 5.83. The first kappa shape index (κ1) is 17.8. The van der Waals surface area contributed by atoms with Crippen LogP contribution in [0.15, 0.2) is 24.4 Å². The number of aryl methyl sites for hydroxylation is 2. The maximum atomic E-state index is 12.4. The minimum Gasteiger partial charge on any atom is -0.479 e. The summed E-state index contributed by atoms with van der Waals surface area (Å²) < 4.78 is 6.55. The van der Waals surface area contributed by atoms with Gasteiger partial charge in [0.1, 0.15) is 5.56 Å². The van der Waals surface area contributed by atoms with Gasteiger partial charge in [-0.1, -0.05) is 17.7 Å². The molecule has 0 fully saturated rings. The van der Waals surface area contributed by atoms with Crippen molar-refractivity contribution in [2.24, 2.45) is 7.05 Å². The number of hydrogen-bond donors (Lipinski definition) is 1. The molecular formula is C16H19ClN4O3. The predicted molar refractivity (Wildman–Crippen MR) is 91.5 cm³/mol. The van der Waals surface area contributed by atoms with E-state index >= 15 is 0 Å². The van der Waals surface area contributed by atoms with Gasteiger partial charge in [-0.3, -0.25) is 14.3 Å². The molecule has 2 rings (SSSR count). The van der Waals surface area contributed by atoms with Gasteiger partial charge in [-0.05, 0) is 24.6 Å². The second kappa shape index (κ2) is 7.35. The highest BCUT2D eigenvalue weighted by atomic mass is 35.5. The molecule has 0 saturated carbocycles. The molecule has 0 atom stereocenters. The van der Waals surface area contributed by atoms with Crippen molar-refractivity contribution in [2.75, 3.05) is 26.0 Å². The number of amides is 2. The van der Waals surface area contributed by atoms with Gasteiger partial charge in [-0.25, -0.2) is 0 Å². The lowest BCUT2D eigenvalue weighted by molar-refractivity contribution is -0.116. The highest BCUT2D eigenvalue weighted by Gasteiger charge is 2.21. The molecule has 0 radical (unpaired) electrons. The number of hydrogen-bond acceptors (Lipinski definition) is 4. The normalized spacial score (nSPS) is 10.4. The highest BCUT2D eigenvalue weighted by Crippen LogP contribution is 2.20. The molecule has 0 aliphatic carbocycles. The Balaban J connectivity index is 2.05. The van der Waals surface area contributed by atoms with E-state index in [9.17, 15) is 9.59 Å². The predicted octanol–water partition coefficient (Wildman–Crippen LogP) is 2.10. The van der Waals surface area contributed by atoms with Crippen LogP contribution in [0.1, 0.15) is 15.9 Å². The third-order valence-corrected chi connectivity index (χ3v) is 3.65. The molecular weight excluding hydrogens is 332 g/mol. The van der Waals surface area contributed by atoms with Gasteiger partial charge in [-0.15, -0.1) is 5.10 Å². The van der Waals surface area contributed by atoms with Crippen molar-refractivity contribution in [1.29, 1.82) is 0 Å². The van der Waals surface area contributed by atoms with Crippen molar-refractivity contribution in [1.82, 2.24) is 14.7 Å². The average molecular weight is 351 g/mol. The highest BCUT2D eigenvalue weighted by molar-refractivity contribution is 6.31. The van der Waals surface area contributed by atoms with Gasteiger partial charge >= 0.3 is 0 Å². The molecule has 2 amide bonds. The summed E-state index contributed by atoms with van der Waals surface area (Å²) in [5.41, 5.74) is 1.80. The van der Waals surface area contributed by atoms with Gasteiger partial charge in [0.25, 0.3) is 5.91 Å². The van der Waals surface area contributed by atoms with Crippen LogP contribution in [0.2, 0.25) is 5.02 Å². The minimum absolute atomic E-state index is 0.108. The number of methoxy groups -OCH3 is 1. The molecule has 0 aliphatic heterocycles. The number of carbonyl (C=O) groups is 2. The number of anilines is 1. The lowest BCUT2D eigenvalue weighted by atomic mass is 10.2. The number of ether oxygens (including phenoxy) is 1. The molecule has 1 heterocycles. The number of nitrogens with one attached hydrogen (secondary N) is 1. The fraction of sp³-hybridized carbons (Fsp3) is 0.312. The number of aromatic nitrogens is 2. The Labute approximate surface area is 145 Å². The van der Waals surface area contributed by atoms with E-state index < -0.39 is 0 Å². The molecule has 2 aromatic rings. The van der Waals surface area contributed by atoms with Crippen LogP contribution in [0.3, 0.4) is 0 Å². The fourth-order valence-electron chi connectivity index (χ4n) is 2.18. The molecule has 1 aromatic heterocycles. The van der Waals surface area contributed by atoms with Crippen LogP contribution in [0.5, 0.6) is 5.88 Å². The lowest BCUT2D eigenvalue weighted by Crippen LogP contribution is -2.35. The summed E-state index contributed by atoms with van der Waals surface area (Å²) in [7, 11) is 4.67. The first-order valence-electron chi connectivity index (χ1n) is 7.21. The fourth-order valence-corrected chi connectivity index (χ4v) is 2.35. The van der Waals surface area contributed by atoms with Crippen molar-refractivity contribution in [3.05, 3.63) is 40.5 Å². The maximum absolute atomic E-state index is 12.4. The number of benzene rings is 1. The maximum Gasteiger partial charge on any atom is 0.261 e. The first-order valence-corrected chi connectivity index (χ1v) is 7.58. The van der Waals surface area contributed by atoms with Gasteiger partial charge in [-0.2, -0.15) is 0 Å². The van der Waals surface area contributed by atoms with Gasteiger partial charge in [0.05, 0.1) is 13.7 Å². The van der Waals surface area contributed by atoms with Crippen LogP contribution >= 0.6 is 11.6 Å². The topological polar surface area (TPSA) is 76.5 Å². The van der Waals surface area contributed by atoms with E-state index in [2.05, 4.69) is 10.4 Å². The van der Waals surface area contributed by atoms with E-state index in [1.54, 1.807) is 32.4 Å². The molecule has 0 aliphatic rings. The van der Waals surface area contributed by atoms with Crippen LogP contribution in [0.25, 0.3) is 0 Å². The van der Waals surface area contributed by atoms with Crippen LogP contribution < -0.4 is 10.1 Å². The van der Waals surface area contributed by atoms with Crippen LogP contribution in [-0.2, 0) is 11.8 Å². The van der Waals surface area contributed by atoms with Gasteiger partial charge in [0, 0.05) is 31.0 Å². The van der Waals surface area contributed by atoms with E-state index in [0.717, 1.165) is 5.56 Å². The van der Waals surface area contributed by atoms with E-state index in [0.29, 0.717) is 16.3 Å². The Hall–Kier alpha value is -2.54. The zero-order valence-electron chi connectivity index (χ0n) is 14.0. The molecule has 1 aromatic carbocycles. The molecule has 0 saturated heterocycles. The Morgan fingerprint density at radius 2 is 2.12 bits per heavy atom. The molecule has 1 N–H and O–H groups in total. The van der Waals surface area contributed by atoms with Crippen LogP contribution in [-0.4, -0.2) is 47.2 Å². The molecule has 24 heavy (non-hydrogen) atoms. The number of nitrogens with zero attached hydrogens (tertiary/aromatic N) is 3. The van der Waals surface area contributed by atoms with Gasteiger partial charge in [0.2, 0.25) is 11.8 Å². The average Bonchev–Trinajstić information content (AvgIpc) is 2.91. The Kier molecular flexibility index (Phi) is 5.46. The van der Waals surface area contributed by atoms with Crippen molar-refractivity contribution in [2.45, 2.75) is 6.92 Å². The van der Waals surface area contributed by atoms with Crippen molar-refractivity contribution in [3.63, 3.8) is 0 Å². The Morgan fingerprint density at radius 3 is 2.79 bits per heavy atom. The largest absolute Gasteiger partial charge is 0.479 e. The summed E-state index contributed by atoms with van der Waals surface area (Å²) in [5.74, 6) is -0.447. The number of carbonyl (C=O) groups excluding carboxylic acids is 2. The third-order valence-electron chi connectivity index (χ3n) is 3.42.